The maximum absolute atomic E-state index is 13.2. The van der Waals surface area contributed by atoms with E-state index in [0.29, 0.717) is 84.2 Å². The number of nitro benzene ring substituents is 3. The number of nitro groups is 3. The number of hydrogen-bond donors (Lipinski definition) is 3. The van der Waals surface area contributed by atoms with Crippen molar-refractivity contribution in [1.29, 1.82) is 0 Å². The van der Waals surface area contributed by atoms with Gasteiger partial charge in [0.1, 0.15) is 16.7 Å². The maximum atomic E-state index is 13.2. The number of imide groups is 3. The van der Waals surface area contributed by atoms with Crippen molar-refractivity contribution in [3.05, 3.63) is 210 Å². The fourth-order valence-electron chi connectivity index (χ4n) is 12.7. The van der Waals surface area contributed by atoms with Crippen LogP contribution in [0.1, 0.15) is 216 Å². The van der Waals surface area contributed by atoms with Crippen LogP contribution in [0.5, 0.6) is 0 Å². The van der Waals surface area contributed by atoms with Gasteiger partial charge in [0.05, 0.1) is 72.6 Å². The quantitative estimate of drug-likeness (QED) is 0.0218. The number of aliphatic carboxylic acids is 1. The number of esters is 2. The van der Waals surface area contributed by atoms with Crippen LogP contribution in [0.4, 0.5) is 22.7 Å². The Morgan fingerprint density at radius 1 is 0.450 bits per heavy atom. The Hall–Kier alpha value is -8.33. The number of nitrogens with two attached hydrogens (primary N) is 1. The molecule has 2 radical (unpaired) electrons. The summed E-state index contributed by atoms with van der Waals surface area (Å²) >= 11 is 23.8. The number of carbonyl (C=O) groups excluding carboxylic acids is 8. The van der Waals surface area contributed by atoms with Crippen LogP contribution >= 0.6 is 57.1 Å². The summed E-state index contributed by atoms with van der Waals surface area (Å²) in [4.78, 5) is 142. The van der Waals surface area contributed by atoms with E-state index in [4.69, 9.17) is 91.7 Å². The van der Waals surface area contributed by atoms with Gasteiger partial charge >= 0.3 is 11.9 Å². The first kappa shape index (κ1) is 106. The Balaban J connectivity index is 0.000000379. The van der Waals surface area contributed by atoms with E-state index in [1.165, 1.54) is 59.5 Å². The summed E-state index contributed by atoms with van der Waals surface area (Å²) < 4.78 is 75.5. The molecule has 0 atom stereocenters. The minimum Gasteiger partial charge on any atom is -0.481 e. The molecule has 4 N–H and O–H groups in total. The van der Waals surface area contributed by atoms with Gasteiger partial charge in [0.2, 0.25) is 0 Å². The molecule has 8 aliphatic rings. The summed E-state index contributed by atoms with van der Waals surface area (Å²) in [5, 5.41) is 40.3. The number of rotatable bonds is 10. The minimum atomic E-state index is -3.99. The van der Waals surface area contributed by atoms with Gasteiger partial charge < -0.3 is 41.4 Å². The predicted molar refractivity (Wildman–Crippen MR) is 439 cm³/mol. The van der Waals surface area contributed by atoms with Crippen molar-refractivity contribution in [2.45, 2.75) is 166 Å². The first-order chi connectivity index (χ1) is 54.4. The number of fused-ring (bicyclic) bond motifs is 4. The summed E-state index contributed by atoms with van der Waals surface area (Å²) in [5.41, 5.74) is 5.19. The second kappa shape index (κ2) is 45.7. The molecule has 0 saturated carbocycles. The Labute approximate surface area is 741 Å². The van der Waals surface area contributed by atoms with Crippen LogP contribution in [0.25, 0.3) is 0 Å². The van der Waals surface area contributed by atoms with Crippen LogP contribution in [0.2, 0.25) is 20.1 Å². The maximum Gasteiger partial charge on any atom is 0.354 e. The number of anilines is 1. The van der Waals surface area contributed by atoms with Crippen molar-refractivity contribution >= 4 is 152 Å². The van der Waals surface area contributed by atoms with E-state index in [1.54, 1.807) is 31.2 Å². The molecule has 4 fully saturated rings. The van der Waals surface area contributed by atoms with Crippen LogP contribution in [0.15, 0.2) is 107 Å². The number of amides is 6. The monoisotopic (exact) mass is 1880 g/mol. The average molecular weight is 1880 g/mol. The Bertz CT molecular complexity index is 4940. The van der Waals surface area contributed by atoms with Crippen molar-refractivity contribution in [3.8, 4) is 0 Å². The van der Waals surface area contributed by atoms with E-state index in [9.17, 15) is 85.5 Å². The molecule has 6 aromatic rings. The van der Waals surface area contributed by atoms with E-state index in [-0.39, 0.29) is 172 Å². The molecule has 0 spiro atoms. The summed E-state index contributed by atoms with van der Waals surface area (Å²) in [5.74, 6) is -6.27. The van der Waals surface area contributed by atoms with E-state index in [1.807, 2.05) is 20.8 Å². The van der Waals surface area contributed by atoms with Gasteiger partial charge in [-0.25, -0.2) is 26.4 Å². The number of nitrogens with one attached hydrogen (secondary N) is 1. The minimum absolute atomic E-state index is 0. The van der Waals surface area contributed by atoms with Gasteiger partial charge in [-0.1, -0.05) is 127 Å². The fourth-order valence-corrected chi connectivity index (χ4v) is 15.5. The molecule has 0 aliphatic carbocycles. The fraction of sp³-hybridized carbons (Fsp3) is 0.410. The van der Waals surface area contributed by atoms with Crippen LogP contribution in [0.3, 0.4) is 0 Å². The van der Waals surface area contributed by atoms with Gasteiger partial charge in [0.15, 0.2) is 5.56 Å². The number of carbonyl (C=O) groups is 9. The van der Waals surface area contributed by atoms with Crippen LogP contribution in [-0.4, -0.2) is 182 Å². The van der Waals surface area contributed by atoms with Gasteiger partial charge in [0.25, 0.3) is 77.5 Å². The summed E-state index contributed by atoms with van der Waals surface area (Å²) in [6.07, 6.45) is 5.25. The van der Waals surface area contributed by atoms with Crippen molar-refractivity contribution in [2.24, 2.45) is 5.73 Å². The Kier molecular flexibility index (Phi) is 40.3. The molecule has 650 valence electrons. The molecule has 8 heterocycles. The normalized spacial score (nSPS) is 16.3. The number of halogens is 5. The second-order valence-electron chi connectivity index (χ2n) is 28.3. The van der Waals surface area contributed by atoms with Crippen molar-refractivity contribution in [2.75, 3.05) is 57.6 Å². The van der Waals surface area contributed by atoms with Crippen LogP contribution in [0, 0.1) is 37.3 Å². The molecule has 8 aliphatic heterocycles. The zero-order valence-corrected chi connectivity index (χ0v) is 72.9. The number of nitrogens with zero attached hydrogens (tertiary/aromatic N) is 6. The second-order valence-corrected chi connectivity index (χ2v) is 34.2. The SMILES string of the molecule is C.C.CC(=O)O.CC(C)(C)c1ccc(S(=O)(=O)Cl)cc1.CC(C)(C)c1ccc(S(=O)(=O)Nc2ccc(Cl)c3c2C(=O)N(C2CCOCC2)C3=O)cc1.NC1CCOCC1.O=C1OC(=O)c2c([N+](=O)[O-])ccc(Cl)c21.O=C1c2c(Cl)ccc([N+](=O)[O-])c2C(=O)N1C1CCOCC1.O=C1c2c(Cl)ccc([N+](=O)[O-])c2C(=O)N1C1CCOCC1.[CH2-]C.[V].[V]. The molecule has 0 bridgehead atoms. The molecule has 0 unspecified atom stereocenters. The molecule has 6 aromatic carbocycles. The number of cyclic esters (lactones) is 2. The molecule has 33 nitrogen and oxygen atoms in total. The third-order valence-corrected chi connectivity index (χ3v) is 22.6. The third kappa shape index (κ3) is 25.7. The standard InChI is InChI=1S/C23H25ClN2O5S.2C13H11ClN2O5.C10H13ClO2S.C8H2ClNO5.C5H11NO.C2H4O2.C2H5.2CH4.2V/c1-23(2,3)14-4-6-16(7-5-14)32(29,30)25-18-9-8-17(24)19-20(18)22(28)26(21(19)27)15-10-12-31-13-11-15;2*14-8-1-2-9(16(19)20)11-10(8)12(17)15(13(11)18)7-3-5-21-6-4-7;1-10(2,3)8-4-6-9(7-5-8)14(11,12)13;9-3-1-2-4(10(13)14)6-5(3)7(11)15-8(6)12;6-5-1-3-7-4-2-5;1-2(3)4;1-2;;;;/h4-9,15,25H,10-13H2,1-3H3;2*1-2,7H,3-6H2;4-7H,1-3H3;1-2H;5H,1-4,6H2;1H3,(H,3,4);1H2,2H3;2*1H4;;/q;;;;;;;-1;;;;. The average Bonchev–Trinajstić information content (AvgIpc) is 1.60. The summed E-state index contributed by atoms with van der Waals surface area (Å²) in [6, 6.07) is 22.7. The van der Waals surface area contributed by atoms with Gasteiger partial charge in [-0.3, -0.25) is 83.3 Å². The molecule has 4 saturated heterocycles. The third-order valence-electron chi connectivity index (χ3n) is 18.5. The molecule has 14 rings (SSSR count). The molecular weight excluding hydrogens is 1790 g/mol. The van der Waals surface area contributed by atoms with Gasteiger partial charge in [0, 0.05) is 150 Å². The molecule has 120 heavy (non-hydrogen) atoms. The Morgan fingerprint density at radius 3 is 1.00 bits per heavy atom. The topological polar surface area (TPSA) is 465 Å². The molecule has 6 amide bonds. The zero-order chi connectivity index (χ0) is 86.4. The zero-order valence-electron chi connectivity index (χ0n) is 64.7. The number of hydrogen-bond acceptors (Lipinski definition) is 25. The van der Waals surface area contributed by atoms with Crippen LogP contribution in [-0.2, 0) is 95.5 Å². The first-order valence-electron chi connectivity index (χ1n) is 35.7. The summed E-state index contributed by atoms with van der Waals surface area (Å²) in [7, 11) is -2.38. The van der Waals surface area contributed by atoms with Crippen molar-refractivity contribution in [1.82, 2.24) is 14.7 Å². The number of benzene rings is 6. The summed E-state index contributed by atoms with van der Waals surface area (Å²) in [6.45, 7) is 22.8. The van der Waals surface area contributed by atoms with E-state index in [0.717, 1.165) is 72.1 Å². The smallest absolute Gasteiger partial charge is 0.354 e. The van der Waals surface area contributed by atoms with Crippen molar-refractivity contribution < 1.29 is 141 Å². The van der Waals surface area contributed by atoms with Crippen LogP contribution < -0.4 is 10.5 Å². The van der Waals surface area contributed by atoms with E-state index < -0.39 is 92.9 Å². The van der Waals surface area contributed by atoms with Crippen molar-refractivity contribution in [3.63, 3.8) is 0 Å². The van der Waals surface area contributed by atoms with E-state index >= 15 is 0 Å². The largest absolute Gasteiger partial charge is 0.481 e. The predicted octanol–water partition coefficient (Wildman–Crippen LogP) is 15.1. The number of ether oxygens (including phenoxy) is 5. The van der Waals surface area contributed by atoms with Gasteiger partial charge in [-0.2, -0.15) is 6.92 Å². The number of sulfonamides is 1. The molecule has 42 heteroatoms. The van der Waals surface area contributed by atoms with Gasteiger partial charge in [-0.15, -0.1) is 0 Å². The number of carboxylic acid groups (broad SMARTS) is 1. The molecule has 0 aromatic heterocycles. The Morgan fingerprint density at radius 2 is 0.708 bits per heavy atom. The first-order valence-corrected chi connectivity index (χ1v) is 41.0. The number of carboxylic acids is 1. The van der Waals surface area contributed by atoms with E-state index in [2.05, 4.69) is 37.2 Å². The molecular formula is C78H90Cl5N8O25S2V2-. The van der Waals surface area contributed by atoms with Gasteiger partial charge in [-0.05, 0) is 128 Å².